The van der Waals surface area contributed by atoms with Crippen molar-refractivity contribution in [3.8, 4) is 5.75 Å². The molecule has 3 rings (SSSR count). The number of carbonyl (C=O) groups excluding carboxylic acids is 2. The van der Waals surface area contributed by atoms with Crippen molar-refractivity contribution < 1.29 is 14.3 Å². The monoisotopic (exact) mass is 288 g/mol. The highest BCUT2D eigenvalue weighted by Gasteiger charge is 2.52. The molecule has 2 aliphatic rings. The molecule has 21 heavy (non-hydrogen) atoms. The molecule has 1 aliphatic heterocycles. The van der Waals surface area contributed by atoms with Gasteiger partial charge in [-0.3, -0.25) is 14.5 Å². The molecule has 1 heterocycles. The van der Waals surface area contributed by atoms with Gasteiger partial charge in [0.15, 0.2) is 0 Å². The summed E-state index contributed by atoms with van der Waals surface area (Å²) in [5.41, 5.74) is 6.84. The number of amides is 2. The van der Waals surface area contributed by atoms with Gasteiger partial charge < -0.3 is 10.5 Å². The van der Waals surface area contributed by atoms with Crippen molar-refractivity contribution in [3.05, 3.63) is 23.8 Å². The number of rotatable bonds is 3. The standard InChI is InChI=1S/C16H20N2O3/c1-21-13-5-4-11(8-12(13)17)10-18-14(19)9-16(15(18)20)6-2-3-7-16/h4-5,8H,2-3,6-7,9-10,17H2,1H3. The Hall–Kier alpha value is -2.04. The first-order valence-electron chi connectivity index (χ1n) is 7.33. The number of anilines is 1. The van der Waals surface area contributed by atoms with Gasteiger partial charge in [-0.1, -0.05) is 18.9 Å². The zero-order chi connectivity index (χ0) is 15.0. The Balaban J connectivity index is 1.80. The largest absolute Gasteiger partial charge is 0.495 e. The Kier molecular flexibility index (Phi) is 3.35. The highest BCUT2D eigenvalue weighted by atomic mass is 16.5. The molecule has 1 aromatic rings. The SMILES string of the molecule is COc1ccc(CN2C(=O)CC3(CCCC3)C2=O)cc1N. The number of likely N-dealkylation sites (tertiary alicyclic amines) is 1. The Morgan fingerprint density at radius 3 is 2.62 bits per heavy atom. The molecule has 0 bridgehead atoms. The minimum atomic E-state index is -0.408. The Morgan fingerprint density at radius 1 is 1.29 bits per heavy atom. The predicted octanol–water partition coefficient (Wildman–Crippen LogP) is 2.10. The smallest absolute Gasteiger partial charge is 0.236 e. The molecule has 0 radical (unpaired) electrons. The van der Waals surface area contributed by atoms with Gasteiger partial charge in [0.2, 0.25) is 11.8 Å². The number of ether oxygens (including phenoxy) is 1. The number of nitrogen functional groups attached to an aromatic ring is 1. The molecule has 112 valence electrons. The first-order chi connectivity index (χ1) is 10.1. The van der Waals surface area contributed by atoms with E-state index in [0.717, 1.165) is 31.2 Å². The molecule has 1 spiro atoms. The molecular formula is C16H20N2O3. The highest BCUT2D eigenvalue weighted by Crippen LogP contribution is 2.47. The summed E-state index contributed by atoms with van der Waals surface area (Å²) in [5.74, 6) is 0.542. The van der Waals surface area contributed by atoms with E-state index in [4.69, 9.17) is 10.5 Å². The number of nitrogens with two attached hydrogens (primary N) is 1. The van der Waals surface area contributed by atoms with E-state index in [0.29, 0.717) is 24.4 Å². The predicted molar refractivity (Wildman–Crippen MR) is 78.5 cm³/mol. The van der Waals surface area contributed by atoms with Crippen LogP contribution in [0.15, 0.2) is 18.2 Å². The van der Waals surface area contributed by atoms with E-state index < -0.39 is 5.41 Å². The van der Waals surface area contributed by atoms with Crippen LogP contribution in [0.2, 0.25) is 0 Å². The van der Waals surface area contributed by atoms with E-state index >= 15 is 0 Å². The lowest BCUT2D eigenvalue weighted by Gasteiger charge is -2.21. The number of imide groups is 1. The van der Waals surface area contributed by atoms with Gasteiger partial charge in [0.25, 0.3) is 0 Å². The summed E-state index contributed by atoms with van der Waals surface area (Å²) < 4.78 is 5.12. The fourth-order valence-corrected chi connectivity index (χ4v) is 3.53. The fraction of sp³-hybridized carbons (Fsp3) is 0.500. The Labute approximate surface area is 124 Å². The second kappa shape index (κ2) is 5.06. The minimum Gasteiger partial charge on any atom is -0.495 e. The van der Waals surface area contributed by atoms with Crippen LogP contribution < -0.4 is 10.5 Å². The maximum Gasteiger partial charge on any atom is 0.236 e. The molecule has 1 aromatic carbocycles. The molecule has 2 N–H and O–H groups in total. The number of methoxy groups -OCH3 is 1. The quantitative estimate of drug-likeness (QED) is 0.683. The molecule has 0 unspecified atom stereocenters. The van der Waals surface area contributed by atoms with E-state index in [1.807, 2.05) is 6.07 Å². The van der Waals surface area contributed by atoms with Crippen LogP contribution in [0.25, 0.3) is 0 Å². The number of nitrogens with zero attached hydrogens (tertiary/aromatic N) is 1. The van der Waals surface area contributed by atoms with Crippen molar-refractivity contribution in [1.82, 2.24) is 4.90 Å². The van der Waals surface area contributed by atoms with Crippen LogP contribution in [0.1, 0.15) is 37.7 Å². The summed E-state index contributed by atoms with van der Waals surface area (Å²) >= 11 is 0. The van der Waals surface area contributed by atoms with E-state index in [1.165, 1.54) is 4.90 Å². The van der Waals surface area contributed by atoms with Gasteiger partial charge in [-0.15, -0.1) is 0 Å². The van der Waals surface area contributed by atoms with Gasteiger partial charge in [-0.25, -0.2) is 0 Å². The number of benzene rings is 1. The molecule has 5 heteroatoms. The molecule has 2 fully saturated rings. The topological polar surface area (TPSA) is 72.6 Å². The number of carbonyl (C=O) groups is 2. The van der Waals surface area contributed by atoms with Crippen molar-refractivity contribution in [2.24, 2.45) is 5.41 Å². The lowest BCUT2D eigenvalue weighted by atomic mass is 9.84. The molecule has 1 saturated carbocycles. The van der Waals surface area contributed by atoms with Crippen molar-refractivity contribution >= 4 is 17.5 Å². The van der Waals surface area contributed by atoms with Gasteiger partial charge in [0.1, 0.15) is 5.75 Å². The van der Waals surface area contributed by atoms with E-state index in [-0.39, 0.29) is 11.8 Å². The zero-order valence-corrected chi connectivity index (χ0v) is 12.2. The van der Waals surface area contributed by atoms with E-state index in [2.05, 4.69) is 0 Å². The highest BCUT2D eigenvalue weighted by molar-refractivity contribution is 6.06. The van der Waals surface area contributed by atoms with Gasteiger partial charge in [-0.2, -0.15) is 0 Å². The lowest BCUT2D eigenvalue weighted by molar-refractivity contribution is -0.142. The molecule has 1 aliphatic carbocycles. The van der Waals surface area contributed by atoms with Crippen molar-refractivity contribution in [2.75, 3.05) is 12.8 Å². The third-order valence-electron chi connectivity index (χ3n) is 4.68. The third kappa shape index (κ3) is 2.26. The first kappa shape index (κ1) is 13.9. The molecule has 5 nitrogen and oxygen atoms in total. The van der Waals surface area contributed by atoms with Crippen LogP contribution in [-0.2, 0) is 16.1 Å². The van der Waals surface area contributed by atoms with Crippen molar-refractivity contribution in [1.29, 1.82) is 0 Å². The summed E-state index contributed by atoms with van der Waals surface area (Å²) in [5, 5.41) is 0. The second-order valence-corrected chi connectivity index (χ2v) is 6.03. The minimum absolute atomic E-state index is 0.000565. The molecule has 0 aromatic heterocycles. The number of hydrogen-bond donors (Lipinski definition) is 1. The summed E-state index contributed by atoms with van der Waals surface area (Å²) in [6.07, 6.45) is 4.15. The van der Waals surface area contributed by atoms with Gasteiger partial charge in [0.05, 0.1) is 24.8 Å². The van der Waals surface area contributed by atoms with Gasteiger partial charge >= 0.3 is 0 Å². The van der Waals surface area contributed by atoms with E-state index in [9.17, 15) is 9.59 Å². The second-order valence-electron chi connectivity index (χ2n) is 6.03. The summed E-state index contributed by atoms with van der Waals surface area (Å²) in [4.78, 5) is 26.2. The average molecular weight is 288 g/mol. The molecule has 1 saturated heterocycles. The van der Waals surface area contributed by atoms with Crippen LogP contribution >= 0.6 is 0 Å². The summed E-state index contributed by atoms with van der Waals surface area (Å²) in [6.45, 7) is 0.299. The van der Waals surface area contributed by atoms with Crippen LogP contribution in [0.4, 0.5) is 5.69 Å². The van der Waals surface area contributed by atoms with Gasteiger partial charge in [-0.05, 0) is 30.5 Å². The Morgan fingerprint density at radius 2 is 2.00 bits per heavy atom. The summed E-state index contributed by atoms with van der Waals surface area (Å²) in [6, 6.07) is 5.37. The molecule has 2 amide bonds. The number of hydrogen-bond acceptors (Lipinski definition) is 4. The Bertz CT molecular complexity index is 591. The molecule has 0 atom stereocenters. The zero-order valence-electron chi connectivity index (χ0n) is 12.2. The average Bonchev–Trinajstić information content (AvgIpc) is 3.01. The normalized spacial score (nSPS) is 20.5. The first-order valence-corrected chi connectivity index (χ1v) is 7.33. The van der Waals surface area contributed by atoms with Crippen molar-refractivity contribution in [3.63, 3.8) is 0 Å². The van der Waals surface area contributed by atoms with Crippen LogP contribution in [0.3, 0.4) is 0 Å². The van der Waals surface area contributed by atoms with Crippen molar-refractivity contribution in [2.45, 2.75) is 38.6 Å². The third-order valence-corrected chi connectivity index (χ3v) is 4.68. The maximum atomic E-state index is 12.6. The molecular weight excluding hydrogens is 268 g/mol. The summed E-state index contributed by atoms with van der Waals surface area (Å²) in [7, 11) is 1.56. The fourth-order valence-electron chi connectivity index (χ4n) is 3.53. The van der Waals surface area contributed by atoms with Crippen LogP contribution in [0, 0.1) is 5.41 Å². The lowest BCUT2D eigenvalue weighted by Crippen LogP contribution is -2.33. The maximum absolute atomic E-state index is 12.6. The van der Waals surface area contributed by atoms with Gasteiger partial charge in [0, 0.05) is 6.42 Å². The van der Waals surface area contributed by atoms with E-state index in [1.54, 1.807) is 19.2 Å². The van der Waals surface area contributed by atoms with Crippen LogP contribution in [-0.4, -0.2) is 23.8 Å². The van der Waals surface area contributed by atoms with Crippen LogP contribution in [0.5, 0.6) is 5.75 Å².